The van der Waals surface area contributed by atoms with E-state index in [0.717, 1.165) is 6.42 Å². The average Bonchev–Trinajstić information content (AvgIpc) is 2.70. The minimum Gasteiger partial charge on any atom is -0.356 e. The number of carbonyl (C=O) groups excluding carboxylic acids is 1. The zero-order valence-corrected chi connectivity index (χ0v) is 18.0. The van der Waals surface area contributed by atoms with E-state index >= 15 is 0 Å². The van der Waals surface area contributed by atoms with Crippen molar-refractivity contribution in [1.29, 1.82) is 0 Å². The molecule has 0 bridgehead atoms. The molecule has 158 valence electrons. The SMILES string of the molecule is CCCCS(=O)(=O)N1CCC(C(=O)NCCCS(=O)(=O)c2ccccc2)CC1. The maximum atomic E-state index is 12.3. The van der Waals surface area contributed by atoms with Crippen molar-refractivity contribution in [1.82, 2.24) is 9.62 Å². The van der Waals surface area contributed by atoms with Crippen LogP contribution < -0.4 is 5.32 Å². The third-order valence-electron chi connectivity index (χ3n) is 4.97. The Morgan fingerprint density at radius 1 is 1.04 bits per heavy atom. The van der Waals surface area contributed by atoms with Crippen molar-refractivity contribution in [3.8, 4) is 0 Å². The molecule has 1 aromatic carbocycles. The van der Waals surface area contributed by atoms with Gasteiger partial charge in [0.1, 0.15) is 0 Å². The molecule has 0 saturated carbocycles. The number of nitrogens with one attached hydrogen (secondary N) is 1. The molecule has 1 fully saturated rings. The summed E-state index contributed by atoms with van der Waals surface area (Å²) in [5, 5.41) is 2.79. The topological polar surface area (TPSA) is 101 Å². The lowest BCUT2D eigenvalue weighted by atomic mass is 9.97. The Bertz CT molecular complexity index is 830. The summed E-state index contributed by atoms with van der Waals surface area (Å²) in [5.41, 5.74) is 0. The van der Waals surface area contributed by atoms with Gasteiger partial charge in [0.05, 0.1) is 16.4 Å². The van der Waals surface area contributed by atoms with E-state index < -0.39 is 19.9 Å². The van der Waals surface area contributed by atoms with Gasteiger partial charge in [-0.05, 0) is 37.8 Å². The van der Waals surface area contributed by atoms with Gasteiger partial charge in [-0.1, -0.05) is 31.5 Å². The highest BCUT2D eigenvalue weighted by Gasteiger charge is 2.30. The Morgan fingerprint density at radius 2 is 1.68 bits per heavy atom. The van der Waals surface area contributed by atoms with Crippen LogP contribution in [0.2, 0.25) is 0 Å². The standard InChI is InChI=1S/C19H30N2O5S2/c1-2-3-16-28(25,26)21-13-10-17(11-14-21)19(22)20-12-7-15-27(23,24)18-8-5-4-6-9-18/h4-6,8-9,17H,2-3,7,10-16H2,1H3,(H,20,22). The van der Waals surface area contributed by atoms with Crippen molar-refractivity contribution in [2.24, 2.45) is 5.92 Å². The third-order valence-corrected chi connectivity index (χ3v) is 8.74. The molecule has 1 saturated heterocycles. The molecule has 1 amide bonds. The number of rotatable bonds is 10. The highest BCUT2D eigenvalue weighted by molar-refractivity contribution is 7.91. The molecular weight excluding hydrogens is 400 g/mol. The summed E-state index contributed by atoms with van der Waals surface area (Å²) >= 11 is 0. The Hall–Kier alpha value is -1.45. The minimum atomic E-state index is -3.34. The first-order valence-corrected chi connectivity index (χ1v) is 13.1. The average molecular weight is 431 g/mol. The van der Waals surface area contributed by atoms with Gasteiger partial charge in [0.15, 0.2) is 9.84 Å². The molecule has 0 atom stereocenters. The van der Waals surface area contributed by atoms with Crippen LogP contribution in [-0.2, 0) is 24.7 Å². The molecule has 9 heteroatoms. The van der Waals surface area contributed by atoms with E-state index in [1.807, 2.05) is 6.92 Å². The first kappa shape index (κ1) is 22.8. The van der Waals surface area contributed by atoms with Gasteiger partial charge in [-0.15, -0.1) is 0 Å². The number of benzene rings is 1. The largest absolute Gasteiger partial charge is 0.356 e. The molecule has 1 heterocycles. The second-order valence-corrected chi connectivity index (χ2v) is 11.3. The molecule has 0 spiro atoms. The Morgan fingerprint density at radius 3 is 2.29 bits per heavy atom. The van der Waals surface area contributed by atoms with Crippen molar-refractivity contribution in [3.05, 3.63) is 30.3 Å². The summed E-state index contributed by atoms with van der Waals surface area (Å²) in [6.45, 7) is 2.98. The monoisotopic (exact) mass is 430 g/mol. The van der Waals surface area contributed by atoms with E-state index in [1.165, 1.54) is 4.31 Å². The van der Waals surface area contributed by atoms with Crippen molar-refractivity contribution in [2.75, 3.05) is 31.1 Å². The van der Waals surface area contributed by atoms with Crippen LogP contribution in [0.1, 0.15) is 39.0 Å². The van der Waals surface area contributed by atoms with Crippen LogP contribution >= 0.6 is 0 Å². The maximum Gasteiger partial charge on any atom is 0.223 e. The lowest BCUT2D eigenvalue weighted by molar-refractivity contribution is -0.126. The molecule has 0 unspecified atom stereocenters. The fraction of sp³-hybridized carbons (Fsp3) is 0.632. The van der Waals surface area contributed by atoms with Crippen molar-refractivity contribution in [2.45, 2.75) is 43.9 Å². The quantitative estimate of drug-likeness (QED) is 0.571. The first-order chi connectivity index (χ1) is 13.3. The minimum absolute atomic E-state index is 0.0224. The van der Waals surface area contributed by atoms with E-state index in [1.54, 1.807) is 30.3 Å². The van der Waals surface area contributed by atoms with Crippen LogP contribution in [0.3, 0.4) is 0 Å². The molecular formula is C19H30N2O5S2. The van der Waals surface area contributed by atoms with Crippen LogP contribution in [0, 0.1) is 5.92 Å². The van der Waals surface area contributed by atoms with E-state index in [2.05, 4.69) is 5.32 Å². The van der Waals surface area contributed by atoms with Crippen molar-refractivity contribution >= 4 is 25.8 Å². The van der Waals surface area contributed by atoms with Gasteiger partial charge in [0.2, 0.25) is 15.9 Å². The number of hydrogen-bond donors (Lipinski definition) is 1. The van der Waals surface area contributed by atoms with Crippen molar-refractivity contribution < 1.29 is 21.6 Å². The van der Waals surface area contributed by atoms with Crippen molar-refractivity contribution in [3.63, 3.8) is 0 Å². The van der Waals surface area contributed by atoms with Crippen LogP contribution in [0.4, 0.5) is 0 Å². The number of hydrogen-bond acceptors (Lipinski definition) is 5. The number of sulfone groups is 1. The fourth-order valence-electron chi connectivity index (χ4n) is 3.22. The van der Waals surface area contributed by atoms with Gasteiger partial charge in [-0.3, -0.25) is 4.79 Å². The normalized spacial score (nSPS) is 16.8. The fourth-order valence-corrected chi connectivity index (χ4v) is 6.23. The third kappa shape index (κ3) is 6.56. The second kappa shape index (κ2) is 10.4. The highest BCUT2D eigenvalue weighted by atomic mass is 32.2. The summed E-state index contributed by atoms with van der Waals surface area (Å²) in [5.74, 6) is -0.201. The number of piperidine rings is 1. The van der Waals surface area contributed by atoms with Crippen LogP contribution in [0.15, 0.2) is 35.2 Å². The number of carbonyl (C=O) groups is 1. The zero-order chi connectivity index (χ0) is 20.6. The Balaban J connectivity index is 1.72. The zero-order valence-electron chi connectivity index (χ0n) is 16.3. The Labute approximate surface area is 168 Å². The van der Waals surface area contributed by atoms with Gasteiger partial charge >= 0.3 is 0 Å². The molecule has 1 aliphatic heterocycles. The molecule has 1 N–H and O–H groups in total. The highest BCUT2D eigenvalue weighted by Crippen LogP contribution is 2.20. The number of nitrogens with zero attached hydrogens (tertiary/aromatic N) is 1. The van der Waals surface area contributed by atoms with Gasteiger partial charge in [-0.2, -0.15) is 0 Å². The first-order valence-electron chi connectivity index (χ1n) is 9.79. The summed E-state index contributed by atoms with van der Waals surface area (Å²) in [4.78, 5) is 12.6. The lowest BCUT2D eigenvalue weighted by Crippen LogP contribution is -2.44. The summed E-state index contributed by atoms with van der Waals surface area (Å²) in [6.07, 6.45) is 2.82. The van der Waals surface area contributed by atoms with Gasteiger partial charge in [0, 0.05) is 25.6 Å². The van der Waals surface area contributed by atoms with Gasteiger partial charge < -0.3 is 5.32 Å². The van der Waals surface area contributed by atoms with E-state index in [4.69, 9.17) is 0 Å². The molecule has 0 aliphatic carbocycles. The molecule has 1 aromatic rings. The van der Waals surface area contributed by atoms with E-state index in [0.29, 0.717) is 45.3 Å². The number of amides is 1. The molecule has 0 aromatic heterocycles. The molecule has 2 rings (SSSR count). The maximum absolute atomic E-state index is 12.3. The molecule has 0 radical (unpaired) electrons. The molecule has 1 aliphatic rings. The smallest absolute Gasteiger partial charge is 0.223 e. The molecule has 7 nitrogen and oxygen atoms in total. The second-order valence-electron chi connectivity index (χ2n) is 7.12. The summed E-state index contributed by atoms with van der Waals surface area (Å²) in [6, 6.07) is 8.26. The van der Waals surface area contributed by atoms with Crippen LogP contribution in [0.25, 0.3) is 0 Å². The van der Waals surface area contributed by atoms with Crippen LogP contribution in [-0.4, -0.2) is 58.2 Å². The number of sulfonamides is 1. The van der Waals surface area contributed by atoms with E-state index in [-0.39, 0.29) is 28.2 Å². The predicted octanol–water partition coefficient (Wildman–Crippen LogP) is 1.81. The van der Waals surface area contributed by atoms with Gasteiger partial charge in [-0.25, -0.2) is 21.1 Å². The predicted molar refractivity (Wildman–Crippen MR) is 109 cm³/mol. The van der Waals surface area contributed by atoms with Gasteiger partial charge in [0.25, 0.3) is 0 Å². The summed E-state index contributed by atoms with van der Waals surface area (Å²) in [7, 11) is -6.56. The van der Waals surface area contributed by atoms with E-state index in [9.17, 15) is 21.6 Å². The molecule has 28 heavy (non-hydrogen) atoms. The lowest BCUT2D eigenvalue weighted by Gasteiger charge is -2.30. The summed E-state index contributed by atoms with van der Waals surface area (Å²) < 4.78 is 50.3. The number of unbranched alkanes of at least 4 members (excludes halogenated alkanes) is 1. The van der Waals surface area contributed by atoms with Crippen LogP contribution in [0.5, 0.6) is 0 Å². The Kier molecular flexibility index (Phi) is 8.45.